The van der Waals surface area contributed by atoms with E-state index in [1.165, 1.54) is 0 Å². The Bertz CT molecular complexity index is 1340. The lowest BCUT2D eigenvalue weighted by Crippen LogP contribution is -2.40. The fourth-order valence-electron chi connectivity index (χ4n) is 4.52. The number of hydrogen-bond donors (Lipinski definition) is 2. The van der Waals surface area contributed by atoms with Crippen LogP contribution in [0.3, 0.4) is 0 Å². The molecule has 5 rings (SSSR count). The fourth-order valence-corrected chi connectivity index (χ4v) is 4.52. The van der Waals surface area contributed by atoms with Crippen molar-refractivity contribution in [3.8, 4) is 0 Å². The largest absolute Gasteiger partial charge is 0.418 e. The van der Waals surface area contributed by atoms with E-state index in [4.69, 9.17) is 4.42 Å². The Kier molecular flexibility index (Phi) is 5.87. The van der Waals surface area contributed by atoms with Gasteiger partial charge in [0.2, 0.25) is 11.7 Å². The van der Waals surface area contributed by atoms with Gasteiger partial charge in [0, 0.05) is 30.1 Å². The normalized spacial score (nSPS) is 20.2. The molecule has 2 aliphatic rings. The van der Waals surface area contributed by atoms with Gasteiger partial charge in [-0.15, -0.1) is 10.2 Å². The van der Waals surface area contributed by atoms with Gasteiger partial charge >= 0.3 is 6.03 Å². The number of likely N-dealkylation sites (tertiary alicyclic amines) is 1. The highest BCUT2D eigenvalue weighted by atomic mass is 16.4. The highest BCUT2D eigenvalue weighted by Gasteiger charge is 2.43. The molecule has 184 valence electrons. The minimum Gasteiger partial charge on any atom is -0.418 e. The van der Waals surface area contributed by atoms with Crippen LogP contribution in [0.4, 0.5) is 4.79 Å². The fraction of sp³-hybridized carbons (Fsp3) is 0.308. The van der Waals surface area contributed by atoms with Gasteiger partial charge in [-0.3, -0.25) is 19.7 Å². The molecule has 1 aromatic heterocycles. The molecule has 2 N–H and O–H groups in total. The van der Waals surface area contributed by atoms with Crippen LogP contribution in [0, 0.1) is 6.92 Å². The molecule has 1 atom stereocenters. The Morgan fingerprint density at radius 1 is 0.972 bits per heavy atom. The van der Waals surface area contributed by atoms with E-state index in [-0.39, 0.29) is 23.5 Å². The van der Waals surface area contributed by atoms with Gasteiger partial charge in [-0.2, -0.15) is 0 Å². The predicted octanol–water partition coefficient (Wildman–Crippen LogP) is 2.68. The van der Waals surface area contributed by atoms with E-state index in [0.29, 0.717) is 48.5 Å². The number of hydrogen-bond acceptors (Lipinski definition) is 7. The maximum atomic E-state index is 13.0. The number of piperidine rings is 1. The van der Waals surface area contributed by atoms with E-state index in [9.17, 15) is 19.2 Å². The van der Waals surface area contributed by atoms with Crippen molar-refractivity contribution in [1.82, 2.24) is 25.7 Å². The number of aryl methyl sites for hydroxylation is 1. The lowest BCUT2D eigenvalue weighted by atomic mass is 9.91. The second-order valence-corrected chi connectivity index (χ2v) is 9.32. The van der Waals surface area contributed by atoms with E-state index in [2.05, 4.69) is 20.8 Å². The summed E-state index contributed by atoms with van der Waals surface area (Å²) < 4.78 is 5.70. The Morgan fingerprint density at radius 2 is 1.61 bits per heavy atom. The molecule has 0 radical (unpaired) electrons. The van der Waals surface area contributed by atoms with Crippen LogP contribution in [0.5, 0.6) is 0 Å². The summed E-state index contributed by atoms with van der Waals surface area (Å²) in [6.45, 7) is 4.57. The summed E-state index contributed by atoms with van der Waals surface area (Å²) in [6.07, 6.45) is 1.27. The molecule has 36 heavy (non-hydrogen) atoms. The lowest BCUT2D eigenvalue weighted by molar-refractivity contribution is -0.123. The summed E-state index contributed by atoms with van der Waals surface area (Å²) >= 11 is 0. The second-order valence-electron chi connectivity index (χ2n) is 9.32. The van der Waals surface area contributed by atoms with Crippen LogP contribution in [0.2, 0.25) is 0 Å². The number of ketones is 1. The standard InChI is InChI=1S/C26H25N5O5/c1-15-3-5-16(6-4-15)20(32)22-30-29-21(36-22)17-11-13-31(14-12-17)23(33)18-7-9-19(10-8-18)26(2)24(34)27-25(35)28-26/h3-10,17H,11-14H2,1-2H3,(H2,27,28,34,35). The molecular formula is C26H25N5O5. The summed E-state index contributed by atoms with van der Waals surface area (Å²) in [5.74, 6) is -0.522. The van der Waals surface area contributed by atoms with Gasteiger partial charge in [0.15, 0.2) is 0 Å². The zero-order valence-corrected chi connectivity index (χ0v) is 19.9. The first kappa shape index (κ1) is 23.4. The van der Waals surface area contributed by atoms with E-state index in [0.717, 1.165) is 5.56 Å². The molecule has 2 fully saturated rings. The molecule has 0 saturated carbocycles. The molecule has 2 aromatic carbocycles. The molecule has 3 heterocycles. The first-order chi connectivity index (χ1) is 17.2. The van der Waals surface area contributed by atoms with Crippen molar-refractivity contribution in [3.63, 3.8) is 0 Å². The highest BCUT2D eigenvalue weighted by Crippen LogP contribution is 2.29. The van der Waals surface area contributed by atoms with Crippen LogP contribution in [-0.2, 0) is 10.3 Å². The smallest absolute Gasteiger partial charge is 0.322 e. The van der Waals surface area contributed by atoms with Crippen molar-refractivity contribution in [1.29, 1.82) is 0 Å². The molecule has 2 aliphatic heterocycles. The minimum absolute atomic E-state index is 0.0340. The molecule has 10 nitrogen and oxygen atoms in total. The maximum Gasteiger partial charge on any atom is 0.322 e. The number of urea groups is 1. The van der Waals surface area contributed by atoms with Crippen molar-refractivity contribution in [2.24, 2.45) is 0 Å². The molecule has 1 unspecified atom stereocenters. The topological polar surface area (TPSA) is 134 Å². The second kappa shape index (κ2) is 9.03. The molecule has 4 amide bonds. The van der Waals surface area contributed by atoms with Gasteiger partial charge in [0.1, 0.15) is 5.54 Å². The molecule has 0 spiro atoms. The monoisotopic (exact) mass is 487 g/mol. The number of imide groups is 1. The number of benzene rings is 2. The quantitative estimate of drug-likeness (QED) is 0.417. The summed E-state index contributed by atoms with van der Waals surface area (Å²) in [5, 5.41) is 12.9. The Morgan fingerprint density at radius 3 is 2.22 bits per heavy atom. The zero-order chi connectivity index (χ0) is 25.4. The van der Waals surface area contributed by atoms with Crippen molar-refractivity contribution in [2.45, 2.75) is 38.1 Å². The Hall–Kier alpha value is -4.34. The third kappa shape index (κ3) is 4.26. The Labute approximate surface area is 207 Å². The lowest BCUT2D eigenvalue weighted by Gasteiger charge is -2.30. The van der Waals surface area contributed by atoms with Gasteiger partial charge in [-0.1, -0.05) is 42.0 Å². The van der Waals surface area contributed by atoms with Crippen molar-refractivity contribution < 1.29 is 23.6 Å². The van der Waals surface area contributed by atoms with Crippen LogP contribution < -0.4 is 10.6 Å². The molecule has 2 saturated heterocycles. The van der Waals surface area contributed by atoms with Gasteiger partial charge in [0.05, 0.1) is 0 Å². The highest BCUT2D eigenvalue weighted by molar-refractivity contribution is 6.07. The SMILES string of the molecule is Cc1ccc(C(=O)c2nnc(C3CCN(C(=O)c4ccc(C5(C)NC(=O)NC5=O)cc4)CC3)o2)cc1. The van der Waals surface area contributed by atoms with E-state index >= 15 is 0 Å². The van der Waals surface area contributed by atoms with Crippen molar-refractivity contribution >= 4 is 23.6 Å². The first-order valence-electron chi connectivity index (χ1n) is 11.7. The van der Waals surface area contributed by atoms with E-state index in [1.54, 1.807) is 48.2 Å². The molecule has 10 heteroatoms. The van der Waals surface area contributed by atoms with Gasteiger partial charge < -0.3 is 14.6 Å². The third-order valence-electron chi connectivity index (χ3n) is 6.83. The number of carbonyl (C=O) groups is 4. The summed E-state index contributed by atoms with van der Waals surface area (Å²) in [6, 6.07) is 13.3. The Balaban J connectivity index is 1.20. The first-order valence-corrected chi connectivity index (χ1v) is 11.7. The molecule has 0 aliphatic carbocycles. The number of amides is 4. The van der Waals surface area contributed by atoms with Crippen molar-refractivity contribution in [3.05, 3.63) is 82.6 Å². The average molecular weight is 488 g/mol. The number of nitrogens with zero attached hydrogens (tertiary/aromatic N) is 3. The zero-order valence-electron chi connectivity index (χ0n) is 19.9. The number of carbonyl (C=O) groups excluding carboxylic acids is 4. The molecule has 0 bridgehead atoms. The summed E-state index contributed by atoms with van der Waals surface area (Å²) in [7, 11) is 0. The van der Waals surface area contributed by atoms with Gasteiger partial charge in [-0.25, -0.2) is 4.79 Å². The summed E-state index contributed by atoms with van der Waals surface area (Å²) in [5.41, 5.74) is 1.47. The molecule has 3 aromatic rings. The van der Waals surface area contributed by atoms with Crippen LogP contribution in [0.25, 0.3) is 0 Å². The van der Waals surface area contributed by atoms with Crippen LogP contribution in [0.15, 0.2) is 52.9 Å². The number of aromatic nitrogens is 2. The number of rotatable bonds is 5. The van der Waals surface area contributed by atoms with E-state index < -0.39 is 17.5 Å². The third-order valence-corrected chi connectivity index (χ3v) is 6.83. The molecular weight excluding hydrogens is 462 g/mol. The summed E-state index contributed by atoms with van der Waals surface area (Å²) in [4.78, 5) is 51.1. The number of nitrogens with one attached hydrogen (secondary N) is 2. The van der Waals surface area contributed by atoms with Gasteiger partial charge in [-0.05, 0) is 44.4 Å². The van der Waals surface area contributed by atoms with Gasteiger partial charge in [0.25, 0.3) is 17.7 Å². The van der Waals surface area contributed by atoms with Crippen LogP contribution in [0.1, 0.15) is 69.3 Å². The van der Waals surface area contributed by atoms with E-state index in [1.807, 2.05) is 19.1 Å². The maximum absolute atomic E-state index is 13.0. The van der Waals surface area contributed by atoms with Crippen molar-refractivity contribution in [2.75, 3.05) is 13.1 Å². The van der Waals surface area contributed by atoms with Crippen LogP contribution >= 0.6 is 0 Å². The average Bonchev–Trinajstić information content (AvgIpc) is 3.48. The van der Waals surface area contributed by atoms with Crippen LogP contribution in [-0.4, -0.2) is 51.8 Å². The minimum atomic E-state index is -1.17. The predicted molar refractivity (Wildman–Crippen MR) is 127 cm³/mol.